The molecule has 1 aromatic carbocycles. The van der Waals surface area contributed by atoms with E-state index < -0.39 is 0 Å². The molecular weight excluding hydrogens is 382 g/mol. The number of oxazole rings is 1. The number of benzene rings is 1. The Bertz CT molecular complexity index is 909. The quantitative estimate of drug-likeness (QED) is 0.775. The number of aromatic nitrogens is 1. The lowest BCUT2D eigenvalue weighted by atomic mass is 9.75. The normalized spacial score (nSPS) is 23.0. The number of ether oxygens (including phenoxy) is 1. The van der Waals surface area contributed by atoms with Crippen molar-refractivity contribution < 1.29 is 18.7 Å². The molecule has 160 valence electrons. The third-order valence-corrected chi connectivity index (χ3v) is 6.15. The molecule has 3 heterocycles. The topological polar surface area (TPSA) is 84.7 Å². The highest BCUT2D eigenvalue weighted by atomic mass is 16.5. The fourth-order valence-electron chi connectivity index (χ4n) is 4.55. The lowest BCUT2D eigenvalue weighted by Crippen LogP contribution is -2.51. The van der Waals surface area contributed by atoms with Crippen molar-refractivity contribution in [1.82, 2.24) is 15.2 Å². The van der Waals surface area contributed by atoms with Crippen LogP contribution in [-0.4, -0.2) is 47.9 Å². The Labute approximate surface area is 176 Å². The van der Waals surface area contributed by atoms with Crippen molar-refractivity contribution in [3.05, 3.63) is 47.7 Å². The van der Waals surface area contributed by atoms with E-state index in [0.717, 1.165) is 38.5 Å². The van der Waals surface area contributed by atoms with E-state index in [1.807, 2.05) is 23.1 Å². The molecule has 1 N–H and O–H groups in total. The molecule has 1 atom stereocenters. The maximum Gasteiger partial charge on any atom is 0.275 e. The van der Waals surface area contributed by atoms with Gasteiger partial charge >= 0.3 is 0 Å². The molecule has 2 aromatic rings. The number of fused-ring (bicyclic) bond motifs is 1. The molecule has 1 spiro atoms. The van der Waals surface area contributed by atoms with Crippen LogP contribution in [0.25, 0.3) is 0 Å². The van der Waals surface area contributed by atoms with Crippen molar-refractivity contribution in [1.29, 1.82) is 0 Å². The summed E-state index contributed by atoms with van der Waals surface area (Å²) in [5.74, 6) is 0.902. The van der Waals surface area contributed by atoms with Crippen LogP contribution in [0, 0.1) is 12.3 Å². The second-order valence-electron chi connectivity index (χ2n) is 8.42. The molecule has 1 aromatic heterocycles. The van der Waals surface area contributed by atoms with E-state index in [9.17, 15) is 9.59 Å². The average molecular weight is 412 g/mol. The molecule has 1 saturated heterocycles. The Kier molecular flexibility index (Phi) is 6.06. The van der Waals surface area contributed by atoms with Crippen molar-refractivity contribution in [2.75, 3.05) is 26.2 Å². The number of piperidine rings is 1. The summed E-state index contributed by atoms with van der Waals surface area (Å²) in [5.41, 5.74) is 0.792. The lowest BCUT2D eigenvalue weighted by molar-refractivity contribution is 0.0463. The van der Waals surface area contributed by atoms with Gasteiger partial charge in [-0.1, -0.05) is 25.0 Å². The van der Waals surface area contributed by atoms with E-state index in [4.69, 9.17) is 9.15 Å². The van der Waals surface area contributed by atoms with Crippen molar-refractivity contribution >= 4 is 11.8 Å². The molecule has 7 heteroatoms. The van der Waals surface area contributed by atoms with Crippen LogP contribution in [0.3, 0.4) is 0 Å². The van der Waals surface area contributed by atoms with Gasteiger partial charge in [-0.05, 0) is 37.8 Å². The second-order valence-corrected chi connectivity index (χ2v) is 8.42. The minimum atomic E-state index is -0.128. The SMILES string of the molecule is Cc1nc(C(=O)N2CCCC3(CCCCCOc4ccccc4C(=O)NC3)C2)co1. The molecule has 30 heavy (non-hydrogen) atoms. The molecule has 0 radical (unpaired) electrons. The van der Waals surface area contributed by atoms with Crippen LogP contribution in [-0.2, 0) is 0 Å². The first kappa shape index (κ1) is 20.4. The first-order valence-electron chi connectivity index (χ1n) is 10.8. The molecule has 0 saturated carbocycles. The molecule has 1 unspecified atom stereocenters. The van der Waals surface area contributed by atoms with Crippen LogP contribution in [0.1, 0.15) is 65.3 Å². The molecule has 2 aliphatic rings. The van der Waals surface area contributed by atoms with E-state index in [2.05, 4.69) is 10.3 Å². The zero-order valence-electron chi connectivity index (χ0n) is 17.5. The molecule has 0 aliphatic carbocycles. The van der Waals surface area contributed by atoms with E-state index in [0.29, 0.717) is 49.1 Å². The molecule has 4 rings (SSSR count). The van der Waals surface area contributed by atoms with E-state index >= 15 is 0 Å². The van der Waals surface area contributed by atoms with Crippen molar-refractivity contribution in [3.8, 4) is 5.75 Å². The van der Waals surface area contributed by atoms with Gasteiger partial charge in [-0.15, -0.1) is 0 Å². The summed E-state index contributed by atoms with van der Waals surface area (Å²) in [5, 5.41) is 3.13. The third-order valence-electron chi connectivity index (χ3n) is 6.15. The summed E-state index contributed by atoms with van der Waals surface area (Å²) >= 11 is 0. The first-order valence-corrected chi connectivity index (χ1v) is 10.8. The molecule has 2 amide bonds. The van der Waals surface area contributed by atoms with Crippen LogP contribution >= 0.6 is 0 Å². The van der Waals surface area contributed by atoms with Crippen LogP contribution in [0.4, 0.5) is 0 Å². The van der Waals surface area contributed by atoms with Gasteiger partial charge in [0, 0.05) is 32.0 Å². The number of hydrogen-bond acceptors (Lipinski definition) is 5. The fourth-order valence-corrected chi connectivity index (χ4v) is 4.55. The Morgan fingerprint density at radius 1 is 1.17 bits per heavy atom. The van der Waals surface area contributed by atoms with Crippen molar-refractivity contribution in [2.45, 2.75) is 45.4 Å². The maximum absolute atomic E-state index is 12.9. The van der Waals surface area contributed by atoms with Crippen LogP contribution in [0.5, 0.6) is 5.75 Å². The summed E-state index contributed by atoms with van der Waals surface area (Å²) in [7, 11) is 0. The largest absolute Gasteiger partial charge is 0.493 e. The van der Waals surface area contributed by atoms with Crippen LogP contribution < -0.4 is 10.1 Å². The van der Waals surface area contributed by atoms with Crippen molar-refractivity contribution in [3.63, 3.8) is 0 Å². The Morgan fingerprint density at radius 3 is 2.83 bits per heavy atom. The highest BCUT2D eigenvalue weighted by Gasteiger charge is 2.38. The minimum absolute atomic E-state index is 0.0953. The Balaban J connectivity index is 1.52. The van der Waals surface area contributed by atoms with E-state index in [1.54, 1.807) is 13.0 Å². The lowest BCUT2D eigenvalue weighted by Gasteiger charge is -2.43. The van der Waals surface area contributed by atoms with Gasteiger partial charge in [0.2, 0.25) is 0 Å². The summed E-state index contributed by atoms with van der Waals surface area (Å²) in [4.78, 5) is 31.9. The number of amides is 2. The summed E-state index contributed by atoms with van der Waals surface area (Å²) in [6.45, 7) is 4.21. The molecular formula is C23H29N3O4. The minimum Gasteiger partial charge on any atom is -0.493 e. The number of rotatable bonds is 1. The van der Waals surface area contributed by atoms with Crippen molar-refractivity contribution in [2.24, 2.45) is 5.41 Å². The second kappa shape index (κ2) is 8.90. The Hall–Kier alpha value is -2.83. The number of aryl methyl sites for hydroxylation is 1. The summed E-state index contributed by atoms with van der Waals surface area (Å²) in [6.07, 6.45) is 7.37. The van der Waals surface area contributed by atoms with Gasteiger partial charge < -0.3 is 19.4 Å². The van der Waals surface area contributed by atoms with Gasteiger partial charge in [0.25, 0.3) is 11.8 Å². The fraction of sp³-hybridized carbons (Fsp3) is 0.522. The van der Waals surface area contributed by atoms with E-state index in [-0.39, 0.29) is 17.2 Å². The highest BCUT2D eigenvalue weighted by molar-refractivity contribution is 5.97. The van der Waals surface area contributed by atoms with E-state index in [1.165, 1.54) is 6.26 Å². The van der Waals surface area contributed by atoms with Gasteiger partial charge in [0.1, 0.15) is 12.0 Å². The number of nitrogens with one attached hydrogen (secondary N) is 1. The van der Waals surface area contributed by atoms with Gasteiger partial charge in [-0.2, -0.15) is 0 Å². The number of para-hydroxylation sites is 1. The highest BCUT2D eigenvalue weighted by Crippen LogP contribution is 2.36. The number of nitrogens with zero attached hydrogens (tertiary/aromatic N) is 2. The monoisotopic (exact) mass is 411 g/mol. The smallest absolute Gasteiger partial charge is 0.275 e. The predicted molar refractivity (Wildman–Crippen MR) is 112 cm³/mol. The first-order chi connectivity index (χ1) is 14.6. The van der Waals surface area contributed by atoms with Gasteiger partial charge in [0.15, 0.2) is 11.6 Å². The predicted octanol–water partition coefficient (Wildman–Crippen LogP) is 3.59. The maximum atomic E-state index is 12.9. The third kappa shape index (κ3) is 4.50. The Morgan fingerprint density at radius 2 is 2.00 bits per heavy atom. The number of carbonyl (C=O) groups is 2. The molecule has 7 nitrogen and oxygen atoms in total. The zero-order chi connectivity index (χ0) is 21.0. The molecule has 2 aliphatic heterocycles. The van der Waals surface area contributed by atoms with Crippen LogP contribution in [0.15, 0.2) is 34.9 Å². The van der Waals surface area contributed by atoms with Gasteiger partial charge in [-0.3, -0.25) is 9.59 Å². The summed E-state index contributed by atoms with van der Waals surface area (Å²) < 4.78 is 11.1. The molecule has 1 fully saturated rings. The molecule has 0 bridgehead atoms. The number of hydrogen-bond donors (Lipinski definition) is 1. The number of likely N-dealkylation sites (tertiary alicyclic amines) is 1. The van der Waals surface area contributed by atoms with Gasteiger partial charge in [-0.25, -0.2) is 4.98 Å². The number of carbonyl (C=O) groups excluding carboxylic acids is 2. The standard InChI is InChI=1S/C23H29N3O4/c1-17-25-19(14-30-17)22(28)26-12-7-11-23(16-26)10-5-2-6-13-29-20-9-4-3-8-18(20)21(27)24-15-23/h3-4,8-9,14H,2,5-7,10-13,15-16H2,1H3,(H,24,27). The van der Waals surface area contributed by atoms with Gasteiger partial charge in [0.05, 0.1) is 12.2 Å². The van der Waals surface area contributed by atoms with Crippen LogP contribution in [0.2, 0.25) is 0 Å². The summed E-state index contributed by atoms with van der Waals surface area (Å²) in [6, 6.07) is 7.38. The zero-order valence-corrected chi connectivity index (χ0v) is 17.5. The average Bonchev–Trinajstić information content (AvgIpc) is 3.20.